The predicted octanol–water partition coefficient (Wildman–Crippen LogP) is 3.52. The van der Waals surface area contributed by atoms with Crippen LogP contribution in [0.4, 0.5) is 9.18 Å². The van der Waals surface area contributed by atoms with Crippen LogP contribution >= 0.6 is 11.6 Å². The van der Waals surface area contributed by atoms with Crippen LogP contribution in [0.3, 0.4) is 0 Å². The quantitative estimate of drug-likeness (QED) is 0.572. The maximum Gasteiger partial charge on any atom is 0.409 e. The zero-order valence-corrected chi connectivity index (χ0v) is 15.4. The van der Waals surface area contributed by atoms with Crippen molar-refractivity contribution in [2.24, 2.45) is 5.92 Å². The first kappa shape index (κ1) is 20.2. The summed E-state index contributed by atoms with van der Waals surface area (Å²) in [4.78, 5) is 37.5. The van der Waals surface area contributed by atoms with Crippen LogP contribution in [-0.2, 0) is 19.1 Å². The Bertz CT molecular complexity index is 696. The molecule has 1 aromatic rings. The average molecular weight is 386 g/mol. The van der Waals surface area contributed by atoms with Crippen LogP contribution in [0, 0.1) is 11.7 Å². The molecule has 6 nitrogen and oxygen atoms in total. The van der Waals surface area contributed by atoms with Gasteiger partial charge in [-0.3, -0.25) is 9.59 Å². The molecule has 0 N–H and O–H groups in total. The second kappa shape index (κ2) is 8.98. The molecule has 142 valence electrons. The summed E-state index contributed by atoms with van der Waals surface area (Å²) in [6.45, 7) is 2.14. The van der Waals surface area contributed by atoms with Crippen molar-refractivity contribution in [3.8, 4) is 0 Å². The molecule has 0 bridgehead atoms. The van der Waals surface area contributed by atoms with Crippen molar-refractivity contribution in [3.05, 3.63) is 34.6 Å². The molecule has 1 aliphatic heterocycles. The maximum atomic E-state index is 13.9. The number of rotatable bonds is 5. The van der Waals surface area contributed by atoms with E-state index in [-0.39, 0.29) is 36.8 Å². The Morgan fingerprint density at radius 2 is 2.08 bits per heavy atom. The van der Waals surface area contributed by atoms with E-state index in [2.05, 4.69) is 0 Å². The number of halogens is 2. The van der Waals surface area contributed by atoms with E-state index in [1.54, 1.807) is 13.0 Å². The van der Waals surface area contributed by atoms with Crippen LogP contribution in [0.1, 0.15) is 37.8 Å². The molecule has 1 aromatic carbocycles. The minimum absolute atomic E-state index is 0.0240. The number of Topliss-reactive ketones (excluding diaryl/α,β-unsaturated/α-hetero) is 1. The molecule has 1 aliphatic rings. The zero-order valence-electron chi connectivity index (χ0n) is 14.7. The Kier molecular flexibility index (Phi) is 6.97. The first-order valence-electron chi connectivity index (χ1n) is 8.35. The number of amides is 1. The first-order valence-corrected chi connectivity index (χ1v) is 8.73. The number of methoxy groups -OCH3 is 1. The van der Waals surface area contributed by atoms with Crippen LogP contribution in [0.25, 0.3) is 0 Å². The zero-order chi connectivity index (χ0) is 19.3. The molecule has 0 radical (unpaired) electrons. The van der Waals surface area contributed by atoms with Crippen LogP contribution in [-0.4, -0.2) is 43.0 Å². The highest BCUT2D eigenvalue weighted by Gasteiger charge is 2.36. The van der Waals surface area contributed by atoms with Crippen molar-refractivity contribution >= 4 is 29.4 Å². The van der Waals surface area contributed by atoms with Gasteiger partial charge in [-0.15, -0.1) is 0 Å². The molecule has 0 saturated carbocycles. The molecular weight excluding hydrogens is 365 g/mol. The number of hydrogen-bond donors (Lipinski definition) is 0. The Labute approximate surface area is 156 Å². The van der Waals surface area contributed by atoms with Crippen molar-refractivity contribution in [1.82, 2.24) is 4.90 Å². The lowest BCUT2D eigenvalue weighted by atomic mass is 9.84. The van der Waals surface area contributed by atoms with E-state index >= 15 is 0 Å². The van der Waals surface area contributed by atoms with E-state index in [1.807, 2.05) is 0 Å². The van der Waals surface area contributed by atoms with Gasteiger partial charge in [0.2, 0.25) is 0 Å². The summed E-state index contributed by atoms with van der Waals surface area (Å²) in [5.41, 5.74) is 0.519. The van der Waals surface area contributed by atoms with E-state index in [4.69, 9.17) is 21.1 Å². The molecule has 0 aromatic heterocycles. The number of ether oxygens (including phenoxy) is 2. The Morgan fingerprint density at radius 3 is 2.69 bits per heavy atom. The fourth-order valence-electron chi connectivity index (χ4n) is 3.13. The van der Waals surface area contributed by atoms with E-state index < -0.39 is 29.8 Å². The van der Waals surface area contributed by atoms with E-state index in [0.717, 1.165) is 0 Å². The number of carbonyl (C=O) groups excluding carboxylic acids is 3. The molecule has 0 aliphatic carbocycles. The minimum atomic E-state index is -0.603. The van der Waals surface area contributed by atoms with Crippen LogP contribution < -0.4 is 0 Å². The second-order valence-electron chi connectivity index (χ2n) is 6.02. The lowest BCUT2D eigenvalue weighted by Gasteiger charge is -2.38. The van der Waals surface area contributed by atoms with Gasteiger partial charge in [0, 0.05) is 12.5 Å². The molecule has 1 heterocycles. The molecule has 2 rings (SSSR count). The van der Waals surface area contributed by atoms with Gasteiger partial charge in [0.05, 0.1) is 24.8 Å². The highest BCUT2D eigenvalue weighted by atomic mass is 35.5. The SMILES string of the molecule is CCOC(=O)CC(=O)C1CCN(C(=O)OC)C(c2ccc(Cl)c(F)c2)C1. The summed E-state index contributed by atoms with van der Waals surface area (Å²) >= 11 is 5.73. The standard InChI is InChI=1S/C18H21ClFNO5/c1-3-26-17(23)10-16(22)12-6-7-21(18(24)25-2)15(9-12)11-4-5-13(19)14(20)8-11/h4-5,8,12,15H,3,6-7,9-10H2,1-2H3. The number of benzene rings is 1. The van der Waals surface area contributed by atoms with Crippen molar-refractivity contribution < 1.29 is 28.2 Å². The Morgan fingerprint density at radius 1 is 1.35 bits per heavy atom. The summed E-state index contributed by atoms with van der Waals surface area (Å²) in [7, 11) is 1.26. The second-order valence-corrected chi connectivity index (χ2v) is 6.43. The number of carbonyl (C=O) groups is 3. The smallest absolute Gasteiger partial charge is 0.409 e. The third-order valence-electron chi connectivity index (χ3n) is 4.42. The molecule has 0 spiro atoms. The van der Waals surface area contributed by atoms with E-state index in [9.17, 15) is 18.8 Å². The fraction of sp³-hybridized carbons (Fsp3) is 0.500. The normalized spacial score (nSPS) is 19.8. The molecule has 1 amide bonds. The number of hydrogen-bond acceptors (Lipinski definition) is 5. The average Bonchev–Trinajstić information content (AvgIpc) is 2.63. The van der Waals surface area contributed by atoms with Gasteiger partial charge in [0.1, 0.15) is 18.0 Å². The third-order valence-corrected chi connectivity index (χ3v) is 4.73. The van der Waals surface area contributed by atoms with Crippen molar-refractivity contribution in [2.45, 2.75) is 32.2 Å². The van der Waals surface area contributed by atoms with Crippen LogP contribution in [0.2, 0.25) is 5.02 Å². The van der Waals surface area contributed by atoms with Gasteiger partial charge in [-0.1, -0.05) is 17.7 Å². The summed E-state index contributed by atoms with van der Waals surface area (Å²) in [6, 6.07) is 3.73. The van der Waals surface area contributed by atoms with Crippen molar-refractivity contribution in [2.75, 3.05) is 20.3 Å². The highest BCUT2D eigenvalue weighted by Crippen LogP contribution is 2.36. The number of ketones is 1. The molecule has 1 saturated heterocycles. The van der Waals surface area contributed by atoms with Crippen LogP contribution in [0.15, 0.2) is 18.2 Å². The molecule has 2 unspecified atom stereocenters. The summed E-state index contributed by atoms with van der Waals surface area (Å²) in [5.74, 6) is -1.84. The lowest BCUT2D eigenvalue weighted by Crippen LogP contribution is -2.43. The van der Waals surface area contributed by atoms with Gasteiger partial charge in [-0.05, 0) is 37.5 Å². The molecule has 26 heavy (non-hydrogen) atoms. The first-order chi connectivity index (χ1) is 12.4. The van der Waals surface area contributed by atoms with Crippen molar-refractivity contribution in [3.63, 3.8) is 0 Å². The lowest BCUT2D eigenvalue weighted by molar-refractivity contribution is -0.146. The minimum Gasteiger partial charge on any atom is -0.466 e. The maximum absolute atomic E-state index is 13.9. The van der Waals surface area contributed by atoms with Gasteiger partial charge >= 0.3 is 12.1 Å². The highest BCUT2D eigenvalue weighted by molar-refractivity contribution is 6.30. The van der Waals surface area contributed by atoms with Gasteiger partial charge in [0.15, 0.2) is 0 Å². The molecule has 1 fully saturated rings. The largest absolute Gasteiger partial charge is 0.466 e. The topological polar surface area (TPSA) is 72.9 Å². The molecular formula is C18H21ClFNO5. The van der Waals surface area contributed by atoms with Gasteiger partial charge < -0.3 is 14.4 Å². The fourth-order valence-corrected chi connectivity index (χ4v) is 3.25. The summed E-state index contributed by atoms with van der Waals surface area (Å²) in [5, 5.41) is -0.0240. The third kappa shape index (κ3) is 4.72. The van der Waals surface area contributed by atoms with Gasteiger partial charge in [0.25, 0.3) is 0 Å². The van der Waals surface area contributed by atoms with Crippen LogP contribution in [0.5, 0.6) is 0 Å². The number of likely N-dealkylation sites (tertiary alicyclic amines) is 1. The molecule has 8 heteroatoms. The Hall–Kier alpha value is -2.15. The van der Waals surface area contributed by atoms with Gasteiger partial charge in [-0.25, -0.2) is 9.18 Å². The Balaban J connectivity index is 2.21. The van der Waals surface area contributed by atoms with Gasteiger partial charge in [-0.2, -0.15) is 0 Å². The molecule has 2 atom stereocenters. The summed E-state index contributed by atoms with van der Waals surface area (Å²) in [6.07, 6.45) is -0.186. The predicted molar refractivity (Wildman–Crippen MR) is 92.2 cm³/mol. The van der Waals surface area contributed by atoms with Crippen molar-refractivity contribution in [1.29, 1.82) is 0 Å². The summed E-state index contributed by atoms with van der Waals surface area (Å²) < 4.78 is 23.5. The number of esters is 1. The number of nitrogens with zero attached hydrogens (tertiary/aromatic N) is 1. The van der Waals surface area contributed by atoms with E-state index in [0.29, 0.717) is 12.0 Å². The monoisotopic (exact) mass is 385 g/mol. The number of piperidine rings is 1. The van der Waals surface area contributed by atoms with E-state index in [1.165, 1.54) is 24.1 Å².